The van der Waals surface area contributed by atoms with Crippen LogP contribution >= 0.6 is 0 Å². The third-order valence-corrected chi connectivity index (χ3v) is 5.02. The summed E-state index contributed by atoms with van der Waals surface area (Å²) in [4.78, 5) is 28.3. The van der Waals surface area contributed by atoms with Crippen molar-refractivity contribution in [2.75, 3.05) is 18.0 Å². The Balaban J connectivity index is 1.50. The summed E-state index contributed by atoms with van der Waals surface area (Å²) >= 11 is 0. The Bertz CT molecular complexity index is 879. The van der Waals surface area contributed by atoms with Crippen molar-refractivity contribution in [1.82, 2.24) is 4.90 Å². The Labute approximate surface area is 151 Å². The average molecular weight is 350 g/mol. The minimum atomic E-state index is -0.473. The minimum absolute atomic E-state index is 0.143. The van der Waals surface area contributed by atoms with Gasteiger partial charge in [-0.25, -0.2) is 9.29 Å². The largest absolute Gasteiger partial charge is 0.287 e. The van der Waals surface area contributed by atoms with Crippen LogP contribution in [0.25, 0.3) is 5.57 Å². The van der Waals surface area contributed by atoms with E-state index in [2.05, 4.69) is 18.2 Å². The van der Waals surface area contributed by atoms with Gasteiger partial charge in [-0.05, 0) is 35.8 Å². The van der Waals surface area contributed by atoms with Gasteiger partial charge in [-0.2, -0.15) is 0 Å². The molecule has 0 N–H and O–H groups in total. The highest BCUT2D eigenvalue weighted by Gasteiger charge is 2.42. The van der Waals surface area contributed by atoms with E-state index in [0.717, 1.165) is 17.9 Å². The third-order valence-electron chi connectivity index (χ3n) is 5.02. The van der Waals surface area contributed by atoms with E-state index in [1.807, 2.05) is 23.1 Å². The van der Waals surface area contributed by atoms with Gasteiger partial charge in [0, 0.05) is 13.1 Å². The lowest BCUT2D eigenvalue weighted by Crippen LogP contribution is -2.44. The van der Waals surface area contributed by atoms with Crippen LogP contribution in [0.5, 0.6) is 0 Å². The normalized spacial score (nSPS) is 21.2. The average Bonchev–Trinajstić information content (AvgIpc) is 2.97. The Hall–Kier alpha value is -2.79. The van der Waals surface area contributed by atoms with Crippen molar-refractivity contribution in [3.8, 4) is 0 Å². The summed E-state index contributed by atoms with van der Waals surface area (Å²) in [6.07, 6.45) is 3.10. The summed E-state index contributed by atoms with van der Waals surface area (Å²) in [5, 5.41) is 0. The number of hydrogen-bond acceptors (Lipinski definition) is 3. The van der Waals surface area contributed by atoms with Gasteiger partial charge in [0.25, 0.3) is 5.91 Å². The van der Waals surface area contributed by atoms with Gasteiger partial charge < -0.3 is 0 Å². The number of halogens is 1. The summed E-state index contributed by atoms with van der Waals surface area (Å²) in [5.74, 6) is -0.999. The second kappa shape index (κ2) is 6.84. The molecule has 4 rings (SSSR count). The van der Waals surface area contributed by atoms with Gasteiger partial charge in [-0.1, -0.05) is 42.5 Å². The third kappa shape index (κ3) is 3.06. The van der Waals surface area contributed by atoms with E-state index in [-0.39, 0.29) is 18.2 Å². The van der Waals surface area contributed by atoms with Crippen LogP contribution < -0.4 is 4.90 Å². The number of carbonyl (C=O) groups is 2. The number of imide groups is 1. The van der Waals surface area contributed by atoms with E-state index in [4.69, 9.17) is 0 Å². The van der Waals surface area contributed by atoms with Gasteiger partial charge in [-0.3, -0.25) is 14.5 Å². The van der Waals surface area contributed by atoms with Crippen molar-refractivity contribution in [3.63, 3.8) is 0 Å². The molecule has 0 unspecified atom stereocenters. The van der Waals surface area contributed by atoms with Crippen molar-refractivity contribution in [3.05, 3.63) is 72.1 Å². The number of amides is 2. The summed E-state index contributed by atoms with van der Waals surface area (Å²) in [6, 6.07) is 15.3. The van der Waals surface area contributed by atoms with Crippen LogP contribution in [-0.4, -0.2) is 35.8 Å². The van der Waals surface area contributed by atoms with Crippen molar-refractivity contribution in [1.29, 1.82) is 0 Å². The van der Waals surface area contributed by atoms with Gasteiger partial charge in [0.05, 0.1) is 18.2 Å². The van der Waals surface area contributed by atoms with Crippen LogP contribution in [0.15, 0.2) is 60.7 Å². The van der Waals surface area contributed by atoms with Crippen molar-refractivity contribution < 1.29 is 14.0 Å². The molecule has 1 fully saturated rings. The van der Waals surface area contributed by atoms with Crippen LogP contribution in [0, 0.1) is 5.82 Å². The first-order valence-corrected chi connectivity index (χ1v) is 8.74. The molecule has 4 nitrogen and oxygen atoms in total. The molecule has 1 saturated heterocycles. The number of anilines is 1. The molecule has 132 valence electrons. The molecule has 2 amide bonds. The zero-order valence-electron chi connectivity index (χ0n) is 14.3. The number of nitrogens with zero attached hydrogens (tertiary/aromatic N) is 2. The lowest BCUT2D eigenvalue weighted by Gasteiger charge is -2.30. The quantitative estimate of drug-likeness (QED) is 0.798. The van der Waals surface area contributed by atoms with Crippen LogP contribution in [0.1, 0.15) is 18.4 Å². The predicted octanol–water partition coefficient (Wildman–Crippen LogP) is 3.25. The summed E-state index contributed by atoms with van der Waals surface area (Å²) in [5.41, 5.74) is 2.77. The summed E-state index contributed by atoms with van der Waals surface area (Å²) < 4.78 is 13.5. The Morgan fingerprint density at radius 3 is 2.50 bits per heavy atom. The van der Waals surface area contributed by atoms with Gasteiger partial charge in [0.15, 0.2) is 0 Å². The zero-order chi connectivity index (χ0) is 18.1. The SMILES string of the molecule is O=C1C[C@H](N2CC=C(c3ccccc3)CC2)C(=O)N1c1cccc(F)c1. The van der Waals surface area contributed by atoms with E-state index < -0.39 is 11.9 Å². The molecule has 0 saturated carbocycles. The first kappa shape index (κ1) is 16.7. The van der Waals surface area contributed by atoms with Crippen LogP contribution in [0.3, 0.4) is 0 Å². The molecule has 0 bridgehead atoms. The molecule has 2 heterocycles. The molecule has 26 heavy (non-hydrogen) atoms. The monoisotopic (exact) mass is 350 g/mol. The smallest absolute Gasteiger partial charge is 0.251 e. The van der Waals surface area contributed by atoms with Gasteiger partial charge in [0.1, 0.15) is 5.82 Å². The maximum Gasteiger partial charge on any atom is 0.251 e. The van der Waals surface area contributed by atoms with Crippen LogP contribution in [0.4, 0.5) is 10.1 Å². The van der Waals surface area contributed by atoms with Crippen molar-refractivity contribution >= 4 is 23.1 Å². The Morgan fingerprint density at radius 2 is 1.81 bits per heavy atom. The fourth-order valence-electron chi connectivity index (χ4n) is 3.67. The fraction of sp³-hybridized carbons (Fsp3) is 0.238. The van der Waals surface area contributed by atoms with E-state index in [9.17, 15) is 14.0 Å². The first-order valence-electron chi connectivity index (χ1n) is 8.74. The van der Waals surface area contributed by atoms with E-state index in [1.165, 1.54) is 29.3 Å². The fourth-order valence-corrected chi connectivity index (χ4v) is 3.67. The van der Waals surface area contributed by atoms with E-state index in [1.54, 1.807) is 6.07 Å². The molecule has 5 heteroatoms. The van der Waals surface area contributed by atoms with Crippen molar-refractivity contribution in [2.24, 2.45) is 0 Å². The first-order chi connectivity index (χ1) is 12.6. The highest BCUT2D eigenvalue weighted by atomic mass is 19.1. The van der Waals surface area contributed by atoms with Gasteiger partial charge in [0.2, 0.25) is 5.91 Å². The van der Waals surface area contributed by atoms with Crippen LogP contribution in [-0.2, 0) is 9.59 Å². The topological polar surface area (TPSA) is 40.6 Å². The molecule has 0 radical (unpaired) electrons. The maximum absolute atomic E-state index is 13.5. The molecule has 2 aromatic rings. The highest BCUT2D eigenvalue weighted by Crippen LogP contribution is 2.29. The second-order valence-corrected chi connectivity index (χ2v) is 6.61. The molecule has 2 aromatic carbocycles. The highest BCUT2D eigenvalue weighted by molar-refractivity contribution is 6.22. The zero-order valence-corrected chi connectivity index (χ0v) is 14.3. The van der Waals surface area contributed by atoms with Gasteiger partial charge in [-0.15, -0.1) is 0 Å². The standard InChI is InChI=1S/C21H19FN2O2/c22-17-7-4-8-18(13-17)24-20(25)14-19(21(24)26)23-11-9-16(10-12-23)15-5-2-1-3-6-15/h1-9,13,19H,10-12,14H2/t19-/m0/s1. The molecular formula is C21H19FN2O2. The number of benzene rings is 2. The minimum Gasteiger partial charge on any atom is -0.287 e. The number of hydrogen-bond donors (Lipinski definition) is 0. The lowest BCUT2D eigenvalue weighted by atomic mass is 9.98. The van der Waals surface area contributed by atoms with E-state index >= 15 is 0 Å². The molecular weight excluding hydrogens is 331 g/mol. The maximum atomic E-state index is 13.5. The molecule has 0 aromatic heterocycles. The van der Waals surface area contributed by atoms with Crippen molar-refractivity contribution in [2.45, 2.75) is 18.9 Å². The molecule has 1 atom stereocenters. The number of carbonyl (C=O) groups excluding carboxylic acids is 2. The van der Waals surface area contributed by atoms with Crippen LogP contribution in [0.2, 0.25) is 0 Å². The predicted molar refractivity (Wildman–Crippen MR) is 97.9 cm³/mol. The van der Waals surface area contributed by atoms with Gasteiger partial charge >= 0.3 is 0 Å². The molecule has 0 spiro atoms. The van der Waals surface area contributed by atoms with E-state index in [0.29, 0.717) is 12.2 Å². The summed E-state index contributed by atoms with van der Waals surface area (Å²) in [6.45, 7) is 1.35. The second-order valence-electron chi connectivity index (χ2n) is 6.61. The summed E-state index contributed by atoms with van der Waals surface area (Å²) in [7, 11) is 0. The molecule has 2 aliphatic rings. The number of rotatable bonds is 3. The Kier molecular flexibility index (Phi) is 4.39. The molecule has 0 aliphatic carbocycles. The lowest BCUT2D eigenvalue weighted by molar-refractivity contribution is -0.122. The molecule has 2 aliphatic heterocycles. The Morgan fingerprint density at radius 1 is 1.00 bits per heavy atom.